The largest absolute Gasteiger partial charge is 0.383 e. The summed E-state index contributed by atoms with van der Waals surface area (Å²) in [5, 5.41) is 4.34. The number of amides is 1. The average Bonchev–Trinajstić information content (AvgIpc) is 2.81. The molecule has 1 amide bonds. The third kappa shape index (κ3) is 4.03. The molecular weight excluding hydrogens is 308 g/mol. The third-order valence-corrected chi connectivity index (χ3v) is 4.31. The second-order valence-corrected chi connectivity index (χ2v) is 6.21. The summed E-state index contributed by atoms with van der Waals surface area (Å²) in [7, 11) is 1.61. The molecule has 2 rings (SSSR count). The van der Waals surface area contributed by atoms with Crippen molar-refractivity contribution in [2.75, 3.05) is 13.7 Å². The number of carbonyl (C=O) groups excluding carboxylic acids is 1. The molecule has 0 saturated carbocycles. The number of nitrogens with zero attached hydrogens (tertiary/aromatic N) is 1. The van der Waals surface area contributed by atoms with Crippen molar-refractivity contribution in [1.29, 1.82) is 0 Å². The molecule has 0 radical (unpaired) electrons. The summed E-state index contributed by atoms with van der Waals surface area (Å²) in [6.07, 6.45) is 0. The first-order chi connectivity index (χ1) is 10.0. The number of aryl methyl sites for hydroxylation is 1. The van der Waals surface area contributed by atoms with Crippen LogP contribution in [0.15, 0.2) is 24.3 Å². The number of aromatic nitrogens is 1. The molecule has 1 N–H and O–H groups in total. The lowest BCUT2D eigenvalue weighted by atomic mass is 10.2. The number of hydrogen-bond donors (Lipinski definition) is 1. The molecule has 1 heterocycles. The Morgan fingerprint density at radius 3 is 2.95 bits per heavy atom. The number of ether oxygens (including phenoxy) is 1. The van der Waals surface area contributed by atoms with Crippen LogP contribution in [-0.4, -0.2) is 30.6 Å². The summed E-state index contributed by atoms with van der Waals surface area (Å²) < 4.78 is 5.02. The first-order valence-electron chi connectivity index (χ1n) is 6.54. The Hall–Kier alpha value is -1.43. The SMILES string of the molecule is COCC(C)NC(=O)c1sc(-c2cccc(Cl)c2)nc1C. The molecule has 6 heteroatoms. The molecule has 1 unspecified atom stereocenters. The van der Waals surface area contributed by atoms with Gasteiger partial charge in [-0.2, -0.15) is 0 Å². The van der Waals surface area contributed by atoms with Crippen molar-refractivity contribution in [3.8, 4) is 10.6 Å². The van der Waals surface area contributed by atoms with Gasteiger partial charge in [0.2, 0.25) is 0 Å². The van der Waals surface area contributed by atoms with Crippen LogP contribution in [0.2, 0.25) is 5.02 Å². The van der Waals surface area contributed by atoms with Crippen LogP contribution in [0.1, 0.15) is 22.3 Å². The van der Waals surface area contributed by atoms with Gasteiger partial charge in [0.05, 0.1) is 12.3 Å². The van der Waals surface area contributed by atoms with Gasteiger partial charge in [-0.3, -0.25) is 4.79 Å². The third-order valence-electron chi connectivity index (χ3n) is 2.87. The van der Waals surface area contributed by atoms with E-state index in [0.717, 1.165) is 16.3 Å². The smallest absolute Gasteiger partial charge is 0.263 e. The Balaban J connectivity index is 2.21. The zero-order valence-electron chi connectivity index (χ0n) is 12.1. The van der Waals surface area contributed by atoms with Crippen LogP contribution in [0.4, 0.5) is 0 Å². The van der Waals surface area contributed by atoms with E-state index >= 15 is 0 Å². The molecule has 1 aromatic heterocycles. The number of rotatable bonds is 5. The quantitative estimate of drug-likeness (QED) is 0.915. The van der Waals surface area contributed by atoms with Crippen molar-refractivity contribution < 1.29 is 9.53 Å². The Bertz CT molecular complexity index is 642. The van der Waals surface area contributed by atoms with E-state index in [4.69, 9.17) is 16.3 Å². The maximum absolute atomic E-state index is 12.2. The highest BCUT2D eigenvalue weighted by Gasteiger charge is 2.17. The van der Waals surface area contributed by atoms with E-state index in [0.29, 0.717) is 16.5 Å². The molecule has 1 atom stereocenters. The zero-order chi connectivity index (χ0) is 15.4. The fraction of sp³-hybridized carbons (Fsp3) is 0.333. The lowest BCUT2D eigenvalue weighted by molar-refractivity contribution is 0.0909. The molecule has 0 bridgehead atoms. The predicted octanol–water partition coefficient (Wildman–Crippen LogP) is 3.54. The van der Waals surface area contributed by atoms with Gasteiger partial charge in [0.25, 0.3) is 5.91 Å². The van der Waals surface area contributed by atoms with E-state index < -0.39 is 0 Å². The van der Waals surface area contributed by atoms with Gasteiger partial charge >= 0.3 is 0 Å². The second-order valence-electron chi connectivity index (χ2n) is 4.77. The Morgan fingerprint density at radius 2 is 2.29 bits per heavy atom. The number of carbonyl (C=O) groups is 1. The summed E-state index contributed by atoms with van der Waals surface area (Å²) >= 11 is 7.36. The van der Waals surface area contributed by atoms with E-state index in [1.54, 1.807) is 7.11 Å². The highest BCUT2D eigenvalue weighted by Crippen LogP contribution is 2.29. The molecule has 2 aromatic rings. The molecule has 21 heavy (non-hydrogen) atoms. The lowest BCUT2D eigenvalue weighted by Gasteiger charge is -2.11. The molecule has 0 saturated heterocycles. The fourth-order valence-corrected chi connectivity index (χ4v) is 3.09. The van der Waals surface area contributed by atoms with Gasteiger partial charge in [-0.1, -0.05) is 23.7 Å². The van der Waals surface area contributed by atoms with Gasteiger partial charge in [-0.25, -0.2) is 4.98 Å². The molecule has 112 valence electrons. The normalized spacial score (nSPS) is 12.2. The Morgan fingerprint density at radius 1 is 1.52 bits per heavy atom. The van der Waals surface area contributed by atoms with Gasteiger partial charge in [-0.05, 0) is 26.0 Å². The van der Waals surface area contributed by atoms with E-state index in [9.17, 15) is 4.79 Å². The summed E-state index contributed by atoms with van der Waals surface area (Å²) in [4.78, 5) is 17.3. The van der Waals surface area contributed by atoms with Gasteiger partial charge < -0.3 is 10.1 Å². The van der Waals surface area contributed by atoms with Gasteiger partial charge in [0.1, 0.15) is 9.88 Å². The minimum atomic E-state index is -0.122. The van der Waals surface area contributed by atoms with Crippen molar-refractivity contribution in [3.05, 3.63) is 39.9 Å². The van der Waals surface area contributed by atoms with Gasteiger partial charge in [-0.15, -0.1) is 11.3 Å². The molecule has 0 spiro atoms. The van der Waals surface area contributed by atoms with E-state index in [1.807, 2.05) is 38.1 Å². The molecule has 1 aromatic carbocycles. The van der Waals surface area contributed by atoms with Gasteiger partial charge in [0.15, 0.2) is 0 Å². The van der Waals surface area contributed by atoms with Crippen LogP contribution in [0, 0.1) is 6.92 Å². The maximum Gasteiger partial charge on any atom is 0.263 e. The van der Waals surface area contributed by atoms with E-state index in [1.165, 1.54) is 11.3 Å². The molecule has 4 nitrogen and oxygen atoms in total. The van der Waals surface area contributed by atoms with Crippen LogP contribution < -0.4 is 5.32 Å². The minimum Gasteiger partial charge on any atom is -0.383 e. The van der Waals surface area contributed by atoms with E-state index in [-0.39, 0.29) is 11.9 Å². The average molecular weight is 325 g/mol. The molecule has 0 aliphatic carbocycles. The van der Waals surface area contributed by atoms with Crippen LogP contribution in [0.25, 0.3) is 10.6 Å². The first kappa shape index (κ1) is 15.9. The molecule has 0 fully saturated rings. The summed E-state index contributed by atoms with van der Waals surface area (Å²) in [5.41, 5.74) is 1.64. The lowest BCUT2D eigenvalue weighted by Crippen LogP contribution is -2.35. The summed E-state index contributed by atoms with van der Waals surface area (Å²) in [5.74, 6) is -0.122. The maximum atomic E-state index is 12.2. The highest BCUT2D eigenvalue weighted by atomic mass is 35.5. The number of thiazole rings is 1. The number of benzene rings is 1. The van der Waals surface area contributed by atoms with Crippen molar-refractivity contribution >= 4 is 28.8 Å². The van der Waals surface area contributed by atoms with Crippen molar-refractivity contribution in [1.82, 2.24) is 10.3 Å². The van der Waals surface area contributed by atoms with E-state index in [2.05, 4.69) is 10.3 Å². The molecule has 0 aliphatic heterocycles. The first-order valence-corrected chi connectivity index (χ1v) is 7.74. The van der Waals surface area contributed by atoms with Crippen LogP contribution in [0.5, 0.6) is 0 Å². The van der Waals surface area contributed by atoms with Crippen LogP contribution >= 0.6 is 22.9 Å². The molecule has 0 aliphatic rings. The number of methoxy groups -OCH3 is 1. The Labute approximate surface area is 133 Å². The van der Waals surface area contributed by atoms with Crippen LogP contribution in [0.3, 0.4) is 0 Å². The standard InChI is InChI=1S/C15H17ClN2O2S/c1-9(8-20-3)17-14(19)13-10(2)18-15(21-13)11-5-4-6-12(16)7-11/h4-7,9H,8H2,1-3H3,(H,17,19). The number of hydrogen-bond acceptors (Lipinski definition) is 4. The zero-order valence-corrected chi connectivity index (χ0v) is 13.7. The summed E-state index contributed by atoms with van der Waals surface area (Å²) in [6.45, 7) is 4.21. The Kier molecular flexibility index (Phi) is 5.33. The topological polar surface area (TPSA) is 51.2 Å². The van der Waals surface area contributed by atoms with Crippen molar-refractivity contribution in [2.24, 2.45) is 0 Å². The number of halogens is 1. The fourth-order valence-electron chi connectivity index (χ4n) is 1.93. The second kappa shape index (κ2) is 7.02. The van der Waals surface area contributed by atoms with Crippen molar-refractivity contribution in [3.63, 3.8) is 0 Å². The van der Waals surface area contributed by atoms with Gasteiger partial charge in [0, 0.05) is 23.7 Å². The monoisotopic (exact) mass is 324 g/mol. The van der Waals surface area contributed by atoms with Crippen molar-refractivity contribution in [2.45, 2.75) is 19.9 Å². The minimum absolute atomic E-state index is 0.0429. The molecular formula is C15H17ClN2O2S. The summed E-state index contributed by atoms with van der Waals surface area (Å²) in [6, 6.07) is 7.41. The predicted molar refractivity (Wildman–Crippen MR) is 86.1 cm³/mol. The van der Waals surface area contributed by atoms with Crippen LogP contribution in [-0.2, 0) is 4.74 Å². The number of nitrogens with one attached hydrogen (secondary N) is 1. The highest BCUT2D eigenvalue weighted by molar-refractivity contribution is 7.17.